The van der Waals surface area contributed by atoms with Crippen LogP contribution < -0.4 is 5.73 Å². The first-order chi connectivity index (χ1) is 7.16. The second-order valence-electron chi connectivity index (χ2n) is 3.88. The largest absolute Gasteiger partial charge is 0.449 e. The summed E-state index contributed by atoms with van der Waals surface area (Å²) in [5, 5.41) is 0. The SMILES string of the molecule is NC(=O)C1=C[C@H]2[C@@H]3C=C[C@H]2C(=O)O[C@@H]3O1. The molecule has 0 unspecified atom stereocenters. The van der Waals surface area contributed by atoms with Crippen LogP contribution >= 0.6 is 0 Å². The fourth-order valence-electron chi connectivity index (χ4n) is 2.32. The molecule has 3 rings (SSSR count). The van der Waals surface area contributed by atoms with Gasteiger partial charge < -0.3 is 15.2 Å². The maximum absolute atomic E-state index is 11.4. The third-order valence-electron chi connectivity index (χ3n) is 3.05. The molecule has 0 aromatic carbocycles. The molecule has 3 aliphatic rings. The summed E-state index contributed by atoms with van der Waals surface area (Å²) in [5.41, 5.74) is 5.12. The third-order valence-corrected chi connectivity index (χ3v) is 3.05. The molecule has 1 aliphatic carbocycles. The lowest BCUT2D eigenvalue weighted by Gasteiger charge is -2.37. The van der Waals surface area contributed by atoms with Gasteiger partial charge in [0, 0.05) is 5.92 Å². The molecule has 1 fully saturated rings. The molecule has 2 N–H and O–H groups in total. The lowest BCUT2D eigenvalue weighted by molar-refractivity contribution is -0.203. The summed E-state index contributed by atoms with van der Waals surface area (Å²) in [6, 6.07) is 0. The van der Waals surface area contributed by atoms with E-state index < -0.39 is 12.2 Å². The Balaban J connectivity index is 2.03. The maximum atomic E-state index is 11.4. The lowest BCUT2D eigenvalue weighted by Crippen LogP contribution is -2.45. The van der Waals surface area contributed by atoms with Gasteiger partial charge >= 0.3 is 5.97 Å². The van der Waals surface area contributed by atoms with Crippen LogP contribution in [0, 0.1) is 17.8 Å². The van der Waals surface area contributed by atoms with Crippen LogP contribution in [-0.4, -0.2) is 18.2 Å². The van der Waals surface area contributed by atoms with Gasteiger partial charge in [-0.05, 0) is 6.08 Å². The van der Waals surface area contributed by atoms with E-state index in [4.69, 9.17) is 15.2 Å². The monoisotopic (exact) mass is 207 g/mol. The van der Waals surface area contributed by atoms with E-state index in [-0.39, 0.29) is 29.5 Å². The number of nitrogens with two attached hydrogens (primary N) is 1. The Morgan fingerprint density at radius 2 is 2.07 bits per heavy atom. The average Bonchev–Trinajstić information content (AvgIpc) is 2.51. The predicted octanol–water partition coefficient (Wildman–Crippen LogP) is -0.313. The molecule has 5 heteroatoms. The minimum absolute atomic E-state index is 0.0239. The summed E-state index contributed by atoms with van der Waals surface area (Å²) in [5.74, 6) is -1.12. The third kappa shape index (κ3) is 1.03. The fraction of sp³-hybridized carbons (Fsp3) is 0.400. The van der Waals surface area contributed by atoms with Gasteiger partial charge in [0.1, 0.15) is 0 Å². The first kappa shape index (κ1) is 8.52. The molecule has 2 heterocycles. The fourth-order valence-corrected chi connectivity index (χ4v) is 2.32. The van der Waals surface area contributed by atoms with E-state index in [0.717, 1.165) is 0 Å². The standard InChI is InChI=1S/C10H9NO4/c11-8(12)7-3-6-4-1-2-5(6)10(14-7)15-9(4)13/h1-6,10H,(H2,11,12)/t4-,5+,6-,10+/m1/s1. The van der Waals surface area contributed by atoms with Crippen molar-refractivity contribution in [2.45, 2.75) is 6.29 Å². The molecule has 1 amide bonds. The Hall–Kier alpha value is -1.78. The second-order valence-corrected chi connectivity index (χ2v) is 3.88. The molecule has 0 spiro atoms. The highest BCUT2D eigenvalue weighted by atomic mass is 16.7. The molecule has 0 radical (unpaired) electrons. The van der Waals surface area contributed by atoms with E-state index in [1.807, 2.05) is 12.2 Å². The zero-order valence-electron chi connectivity index (χ0n) is 7.75. The zero-order chi connectivity index (χ0) is 10.6. The maximum Gasteiger partial charge on any atom is 0.316 e. The number of esters is 1. The molecule has 1 saturated heterocycles. The van der Waals surface area contributed by atoms with Crippen LogP contribution in [0.5, 0.6) is 0 Å². The Morgan fingerprint density at radius 1 is 1.27 bits per heavy atom. The quantitative estimate of drug-likeness (QED) is 0.472. The van der Waals surface area contributed by atoms with E-state index in [1.165, 1.54) is 0 Å². The van der Waals surface area contributed by atoms with Gasteiger partial charge in [0.15, 0.2) is 5.76 Å². The Kier molecular flexibility index (Phi) is 1.49. The number of allylic oxidation sites excluding steroid dienone is 1. The van der Waals surface area contributed by atoms with E-state index >= 15 is 0 Å². The normalized spacial score (nSPS) is 40.5. The van der Waals surface area contributed by atoms with Gasteiger partial charge in [0.05, 0.1) is 11.8 Å². The van der Waals surface area contributed by atoms with E-state index in [2.05, 4.69) is 0 Å². The van der Waals surface area contributed by atoms with Crippen LogP contribution in [0.3, 0.4) is 0 Å². The molecular weight excluding hydrogens is 198 g/mol. The molecule has 4 atom stereocenters. The first-order valence-corrected chi connectivity index (χ1v) is 4.74. The minimum atomic E-state index is -0.690. The topological polar surface area (TPSA) is 78.6 Å². The highest BCUT2D eigenvalue weighted by Crippen LogP contribution is 2.44. The lowest BCUT2D eigenvalue weighted by atomic mass is 9.83. The van der Waals surface area contributed by atoms with Gasteiger partial charge in [-0.1, -0.05) is 12.2 Å². The summed E-state index contributed by atoms with van der Waals surface area (Å²) in [6.45, 7) is 0. The molecule has 0 aromatic heterocycles. The smallest absolute Gasteiger partial charge is 0.316 e. The number of carbonyl (C=O) groups excluding carboxylic acids is 2. The summed E-state index contributed by atoms with van der Waals surface area (Å²) in [6.07, 6.45) is 4.65. The Bertz CT molecular complexity index is 412. The van der Waals surface area contributed by atoms with Crippen molar-refractivity contribution in [2.24, 2.45) is 23.5 Å². The van der Waals surface area contributed by atoms with Crippen molar-refractivity contribution in [1.82, 2.24) is 0 Å². The van der Waals surface area contributed by atoms with Crippen molar-refractivity contribution >= 4 is 11.9 Å². The van der Waals surface area contributed by atoms with Gasteiger partial charge in [0.2, 0.25) is 0 Å². The van der Waals surface area contributed by atoms with Crippen LogP contribution in [0.4, 0.5) is 0 Å². The van der Waals surface area contributed by atoms with Gasteiger partial charge in [-0.2, -0.15) is 0 Å². The highest BCUT2D eigenvalue weighted by Gasteiger charge is 2.50. The first-order valence-electron chi connectivity index (χ1n) is 4.74. The van der Waals surface area contributed by atoms with Crippen molar-refractivity contribution in [3.63, 3.8) is 0 Å². The molecule has 0 saturated carbocycles. The van der Waals surface area contributed by atoms with Crippen molar-refractivity contribution in [3.05, 3.63) is 24.0 Å². The van der Waals surface area contributed by atoms with Crippen molar-refractivity contribution in [1.29, 1.82) is 0 Å². The molecule has 78 valence electrons. The van der Waals surface area contributed by atoms with Gasteiger partial charge in [-0.25, -0.2) is 0 Å². The molecule has 2 aliphatic heterocycles. The van der Waals surface area contributed by atoms with Crippen LogP contribution in [0.1, 0.15) is 0 Å². The van der Waals surface area contributed by atoms with Gasteiger partial charge in [0.25, 0.3) is 12.2 Å². The number of primary amides is 1. The number of rotatable bonds is 1. The Labute approximate surface area is 85.5 Å². The number of ether oxygens (including phenoxy) is 2. The summed E-state index contributed by atoms with van der Waals surface area (Å²) < 4.78 is 10.3. The molecule has 5 nitrogen and oxygen atoms in total. The van der Waals surface area contributed by atoms with Gasteiger partial charge in [-0.3, -0.25) is 9.59 Å². The van der Waals surface area contributed by atoms with E-state index in [9.17, 15) is 9.59 Å². The van der Waals surface area contributed by atoms with Gasteiger partial charge in [-0.15, -0.1) is 0 Å². The number of hydrogen-bond donors (Lipinski definition) is 1. The molecule has 15 heavy (non-hydrogen) atoms. The van der Waals surface area contributed by atoms with Crippen molar-refractivity contribution in [2.75, 3.05) is 0 Å². The van der Waals surface area contributed by atoms with E-state index in [0.29, 0.717) is 0 Å². The number of amides is 1. The molecular formula is C10H9NO4. The predicted molar refractivity (Wildman–Crippen MR) is 47.9 cm³/mol. The van der Waals surface area contributed by atoms with Crippen LogP contribution in [-0.2, 0) is 19.1 Å². The highest BCUT2D eigenvalue weighted by molar-refractivity contribution is 5.90. The second kappa shape index (κ2) is 2.62. The van der Waals surface area contributed by atoms with E-state index in [1.54, 1.807) is 6.08 Å². The average molecular weight is 207 g/mol. The number of carbonyl (C=O) groups is 2. The molecule has 0 aromatic rings. The summed E-state index contributed by atoms with van der Waals surface area (Å²) in [4.78, 5) is 22.4. The van der Waals surface area contributed by atoms with Crippen molar-refractivity contribution in [3.8, 4) is 0 Å². The Morgan fingerprint density at radius 3 is 2.80 bits per heavy atom. The number of hydrogen-bond acceptors (Lipinski definition) is 4. The zero-order valence-corrected chi connectivity index (χ0v) is 7.75. The van der Waals surface area contributed by atoms with Crippen LogP contribution in [0.15, 0.2) is 24.0 Å². The van der Waals surface area contributed by atoms with Crippen molar-refractivity contribution < 1.29 is 19.1 Å². The minimum Gasteiger partial charge on any atom is -0.449 e. The summed E-state index contributed by atoms with van der Waals surface area (Å²) >= 11 is 0. The summed E-state index contributed by atoms with van der Waals surface area (Å²) in [7, 11) is 0. The van der Waals surface area contributed by atoms with Crippen LogP contribution in [0.2, 0.25) is 0 Å². The van der Waals surface area contributed by atoms with Crippen LogP contribution in [0.25, 0.3) is 0 Å². The molecule has 4 bridgehead atoms.